The molecule has 1 aromatic heterocycles. The highest BCUT2D eigenvalue weighted by molar-refractivity contribution is 6.39. The fourth-order valence-corrected chi connectivity index (χ4v) is 4.95. The summed E-state index contributed by atoms with van der Waals surface area (Å²) in [5.41, 5.74) is 1.54. The molecule has 2 heterocycles. The average molecular weight is 589 g/mol. The Morgan fingerprint density at radius 1 is 1.20 bits per heavy atom. The van der Waals surface area contributed by atoms with Crippen molar-refractivity contribution in [3.05, 3.63) is 58.6 Å². The molecule has 3 amide bonds. The summed E-state index contributed by atoms with van der Waals surface area (Å²) in [4.78, 5) is 40.0. The number of nitrogens with zero attached hydrogens (tertiary/aromatic N) is 3. The predicted molar refractivity (Wildman–Crippen MR) is 151 cm³/mol. The number of aliphatic hydroxyl groups excluding tert-OH is 1. The van der Waals surface area contributed by atoms with E-state index in [1.807, 2.05) is 6.07 Å². The van der Waals surface area contributed by atoms with E-state index < -0.39 is 29.7 Å². The van der Waals surface area contributed by atoms with Crippen LogP contribution >= 0.6 is 23.2 Å². The first-order chi connectivity index (χ1) is 19.0. The van der Waals surface area contributed by atoms with Crippen LogP contribution in [0.1, 0.15) is 27.2 Å². The lowest BCUT2D eigenvalue weighted by Gasteiger charge is -2.28. The van der Waals surface area contributed by atoms with Crippen LogP contribution in [0.5, 0.6) is 0 Å². The highest BCUT2D eigenvalue weighted by Crippen LogP contribution is 2.36. The number of ether oxygens (including phenoxy) is 1. The van der Waals surface area contributed by atoms with Gasteiger partial charge in [-0.2, -0.15) is 0 Å². The molecule has 1 fully saturated rings. The van der Waals surface area contributed by atoms with E-state index in [1.54, 1.807) is 63.2 Å². The molecule has 0 spiro atoms. The minimum absolute atomic E-state index is 0.00624. The van der Waals surface area contributed by atoms with Crippen LogP contribution in [0, 0.1) is 0 Å². The number of anilines is 1. The number of carbonyl (C=O) groups is 3. The summed E-state index contributed by atoms with van der Waals surface area (Å²) < 4.78 is 10.9. The molecule has 2 atom stereocenters. The van der Waals surface area contributed by atoms with Crippen molar-refractivity contribution in [3.8, 4) is 22.6 Å². The van der Waals surface area contributed by atoms with Crippen LogP contribution in [0.25, 0.3) is 22.6 Å². The van der Waals surface area contributed by atoms with E-state index in [1.165, 1.54) is 9.80 Å². The molecule has 212 valence electrons. The van der Waals surface area contributed by atoms with Crippen molar-refractivity contribution < 1.29 is 28.8 Å². The highest BCUT2D eigenvalue weighted by Gasteiger charge is 2.40. The first-order valence-electron chi connectivity index (χ1n) is 12.7. The van der Waals surface area contributed by atoms with Crippen LogP contribution < -0.4 is 10.2 Å². The van der Waals surface area contributed by atoms with Crippen molar-refractivity contribution >= 4 is 47.3 Å². The molecular weight excluding hydrogens is 559 g/mol. The van der Waals surface area contributed by atoms with Gasteiger partial charge < -0.3 is 24.6 Å². The number of likely N-dealkylation sites (tertiary alicyclic amines) is 1. The zero-order valence-corrected chi connectivity index (χ0v) is 23.8. The van der Waals surface area contributed by atoms with Crippen LogP contribution in [0.2, 0.25) is 10.0 Å². The van der Waals surface area contributed by atoms with Gasteiger partial charge in [0.1, 0.15) is 17.3 Å². The maximum Gasteiger partial charge on any atom is 0.411 e. The zero-order valence-electron chi connectivity index (χ0n) is 22.3. The van der Waals surface area contributed by atoms with Gasteiger partial charge in [0, 0.05) is 42.4 Å². The smallest absolute Gasteiger partial charge is 0.411 e. The van der Waals surface area contributed by atoms with Gasteiger partial charge in [-0.3, -0.25) is 14.5 Å². The molecule has 1 aliphatic heterocycles. The van der Waals surface area contributed by atoms with Gasteiger partial charge in [-0.05, 0) is 45.0 Å². The van der Waals surface area contributed by atoms with Gasteiger partial charge in [-0.1, -0.05) is 46.6 Å². The third-order valence-electron chi connectivity index (χ3n) is 6.18. The van der Waals surface area contributed by atoms with Gasteiger partial charge in [-0.25, -0.2) is 4.79 Å². The first-order valence-corrected chi connectivity index (χ1v) is 13.4. The second-order valence-corrected chi connectivity index (χ2v) is 11.2. The molecule has 0 saturated carbocycles. The van der Waals surface area contributed by atoms with E-state index >= 15 is 0 Å². The Morgan fingerprint density at radius 3 is 2.58 bits per heavy atom. The SMILES string of the molecule is CC(C)(C)OC(=O)N1CC(O)CC1C(=O)NCCN(C=O)c1cccc(-c2cc(-c3c(Cl)cccc3Cl)no2)c1. The summed E-state index contributed by atoms with van der Waals surface area (Å²) in [6.45, 7) is 5.47. The monoisotopic (exact) mass is 588 g/mol. The average Bonchev–Trinajstić information content (AvgIpc) is 3.53. The van der Waals surface area contributed by atoms with Crippen molar-refractivity contribution in [2.75, 3.05) is 24.5 Å². The summed E-state index contributed by atoms with van der Waals surface area (Å²) in [6.07, 6.45) is -0.735. The molecule has 3 aromatic rings. The van der Waals surface area contributed by atoms with Crippen LogP contribution in [-0.2, 0) is 14.3 Å². The Labute approximate surface area is 241 Å². The van der Waals surface area contributed by atoms with Crippen molar-refractivity contribution in [1.29, 1.82) is 0 Å². The van der Waals surface area contributed by atoms with Gasteiger partial charge in [0.25, 0.3) is 0 Å². The quantitative estimate of drug-likeness (QED) is 0.363. The lowest BCUT2D eigenvalue weighted by molar-refractivity contribution is -0.125. The summed E-state index contributed by atoms with van der Waals surface area (Å²) in [5, 5.41) is 17.8. The summed E-state index contributed by atoms with van der Waals surface area (Å²) in [6, 6.07) is 13.1. The highest BCUT2D eigenvalue weighted by atomic mass is 35.5. The van der Waals surface area contributed by atoms with E-state index in [4.69, 9.17) is 32.5 Å². The van der Waals surface area contributed by atoms with Gasteiger partial charge in [0.15, 0.2) is 5.76 Å². The third kappa shape index (κ3) is 6.93. The molecule has 2 N–H and O–H groups in total. The van der Waals surface area contributed by atoms with Crippen LogP contribution in [0.4, 0.5) is 10.5 Å². The second-order valence-electron chi connectivity index (χ2n) is 10.4. The van der Waals surface area contributed by atoms with Gasteiger partial charge >= 0.3 is 6.09 Å². The van der Waals surface area contributed by atoms with Crippen molar-refractivity contribution in [3.63, 3.8) is 0 Å². The number of hydrogen-bond acceptors (Lipinski definition) is 7. The van der Waals surface area contributed by atoms with Crippen molar-refractivity contribution in [1.82, 2.24) is 15.4 Å². The van der Waals surface area contributed by atoms with E-state index in [0.29, 0.717) is 44.7 Å². The van der Waals surface area contributed by atoms with Crippen molar-refractivity contribution in [2.45, 2.75) is 44.9 Å². The van der Waals surface area contributed by atoms with Gasteiger partial charge in [0.2, 0.25) is 12.3 Å². The number of rotatable bonds is 8. The Hall–Kier alpha value is -3.60. The number of benzene rings is 2. The molecule has 10 nitrogen and oxygen atoms in total. The Kier molecular flexibility index (Phi) is 9.02. The molecule has 2 unspecified atom stereocenters. The fourth-order valence-electron chi connectivity index (χ4n) is 4.35. The molecule has 4 rings (SSSR count). The zero-order chi connectivity index (χ0) is 29.0. The standard InChI is InChI=1S/C28H30Cl2N4O6/c1-28(2,3)39-27(38)34-15-19(36)13-23(34)26(37)31-10-11-33(16-35)18-7-4-6-17(12-18)24-14-22(32-40-24)25-20(29)8-5-9-21(25)30/h4-9,12,14,16,19,23,36H,10-11,13,15H2,1-3H3,(H,31,37). The summed E-state index contributed by atoms with van der Waals surface area (Å²) in [7, 11) is 0. The largest absolute Gasteiger partial charge is 0.444 e. The van der Waals surface area contributed by atoms with E-state index in [2.05, 4.69) is 10.5 Å². The molecule has 0 radical (unpaired) electrons. The van der Waals surface area contributed by atoms with E-state index in [-0.39, 0.29) is 26.1 Å². The summed E-state index contributed by atoms with van der Waals surface area (Å²) in [5.74, 6) is 0.0171. The van der Waals surface area contributed by atoms with E-state index in [0.717, 1.165) is 0 Å². The Bertz CT molecular complexity index is 1370. The van der Waals surface area contributed by atoms with Crippen LogP contribution in [0.15, 0.2) is 53.1 Å². The number of hydrogen-bond donors (Lipinski definition) is 2. The number of nitrogens with one attached hydrogen (secondary N) is 1. The molecular formula is C28H30Cl2N4O6. The Balaban J connectivity index is 1.40. The van der Waals surface area contributed by atoms with Gasteiger partial charge in [-0.15, -0.1) is 0 Å². The molecule has 0 aliphatic carbocycles. The van der Waals surface area contributed by atoms with Crippen LogP contribution in [0.3, 0.4) is 0 Å². The number of aromatic nitrogens is 1. The number of β-amino-alcohol motifs (C(OH)–C–C–N with tert-alkyl or cyclic N) is 1. The third-order valence-corrected chi connectivity index (χ3v) is 6.81. The normalized spacial score (nSPS) is 17.0. The molecule has 1 saturated heterocycles. The molecule has 1 aliphatic rings. The molecule has 2 aromatic carbocycles. The first kappa shape index (κ1) is 29.4. The van der Waals surface area contributed by atoms with E-state index in [9.17, 15) is 19.5 Å². The minimum Gasteiger partial charge on any atom is -0.444 e. The lowest BCUT2D eigenvalue weighted by atomic mass is 10.1. The number of aliphatic hydroxyl groups is 1. The maximum atomic E-state index is 12.9. The predicted octanol–water partition coefficient (Wildman–Crippen LogP) is 4.76. The second kappa shape index (κ2) is 12.3. The molecule has 12 heteroatoms. The Morgan fingerprint density at radius 2 is 1.90 bits per heavy atom. The lowest BCUT2D eigenvalue weighted by Crippen LogP contribution is -2.48. The number of carbonyl (C=O) groups excluding carboxylic acids is 3. The van der Waals surface area contributed by atoms with Crippen molar-refractivity contribution in [2.24, 2.45) is 0 Å². The van der Waals surface area contributed by atoms with Crippen LogP contribution in [-0.4, -0.2) is 71.0 Å². The topological polar surface area (TPSA) is 125 Å². The maximum absolute atomic E-state index is 12.9. The van der Waals surface area contributed by atoms with Gasteiger partial charge in [0.05, 0.1) is 22.7 Å². The fraction of sp³-hybridized carbons (Fsp3) is 0.357. The summed E-state index contributed by atoms with van der Waals surface area (Å²) >= 11 is 12.6. The molecule has 40 heavy (non-hydrogen) atoms. The number of halogens is 2. The number of amides is 3. The minimum atomic E-state index is -0.870. The molecule has 0 bridgehead atoms.